The Morgan fingerprint density at radius 2 is 1.66 bits per heavy atom. The molecule has 1 unspecified atom stereocenters. The molecule has 13 heteroatoms. The van der Waals surface area contributed by atoms with E-state index in [-0.39, 0.29) is 40.7 Å². The van der Waals surface area contributed by atoms with Gasteiger partial charge in [-0.15, -0.1) is 6.42 Å². The Morgan fingerprint density at radius 1 is 0.949 bits per heavy atom. The van der Waals surface area contributed by atoms with E-state index < -0.39 is 34.7 Å². The quantitative estimate of drug-likeness (QED) is 0.141. The van der Waals surface area contributed by atoms with Gasteiger partial charge in [0.2, 0.25) is 0 Å². The number of terminal acetylenes is 1. The smallest absolute Gasteiger partial charge is 0.410 e. The average Bonchev–Trinajstić information content (AvgIpc) is 4.12. The maximum absolute atomic E-state index is 17.2. The number of anilines is 1. The van der Waals surface area contributed by atoms with E-state index in [0.29, 0.717) is 98.2 Å². The number of amides is 1. The first-order chi connectivity index (χ1) is 28.2. The van der Waals surface area contributed by atoms with E-state index in [2.05, 4.69) is 15.7 Å². The number of alkyl halides is 2. The first-order valence-electron chi connectivity index (χ1n) is 21.2. The summed E-state index contributed by atoms with van der Waals surface area (Å²) in [5.41, 5.74) is -0.624. The maximum atomic E-state index is 17.2. The van der Waals surface area contributed by atoms with E-state index in [0.717, 1.165) is 19.4 Å². The number of hydrogen-bond acceptors (Lipinski definition) is 8. The molecule has 2 aromatic carbocycles. The van der Waals surface area contributed by atoms with Crippen molar-refractivity contribution in [3.63, 3.8) is 0 Å². The van der Waals surface area contributed by atoms with Crippen LogP contribution >= 0.6 is 0 Å². The number of fused-ring (bicyclic) bond motifs is 3. The molecule has 1 amide bonds. The Hall–Kier alpha value is -4.70. The van der Waals surface area contributed by atoms with E-state index in [9.17, 15) is 13.6 Å². The van der Waals surface area contributed by atoms with Crippen LogP contribution in [0.5, 0.6) is 6.01 Å². The number of ether oxygens (including phenoxy) is 2. The van der Waals surface area contributed by atoms with Gasteiger partial charge in [-0.1, -0.05) is 57.9 Å². The fraction of sp³-hybridized carbons (Fsp3) is 0.565. The van der Waals surface area contributed by atoms with Gasteiger partial charge in [0.15, 0.2) is 5.82 Å². The molecule has 2 aliphatic carbocycles. The average molecular weight is 817 g/mol. The highest BCUT2D eigenvalue weighted by molar-refractivity contribution is 6.02. The molecule has 5 aliphatic rings. The van der Waals surface area contributed by atoms with Gasteiger partial charge in [-0.3, -0.25) is 0 Å². The van der Waals surface area contributed by atoms with E-state index in [1.165, 1.54) is 6.07 Å². The molecule has 0 N–H and O–H groups in total. The molecular formula is C46H56F4N6O3. The molecule has 1 spiro atoms. The van der Waals surface area contributed by atoms with Gasteiger partial charge in [0.25, 0.3) is 5.92 Å². The van der Waals surface area contributed by atoms with Crippen LogP contribution < -0.4 is 9.64 Å². The SMILES string of the molecule is C#Cc1c(F)ccc2cccc(-c3nc4c5c(nc(OCC6(CN7CCC8(CC7)CC8(F)F)CC6)nc5c3F)N3CCN(C(=O)OC(C)(C)C)CC3CC4)c12.CC.CC. The van der Waals surface area contributed by atoms with Gasteiger partial charge in [-0.25, -0.2) is 27.3 Å². The molecule has 4 aromatic rings. The summed E-state index contributed by atoms with van der Waals surface area (Å²) in [5, 5.41) is 1.51. The van der Waals surface area contributed by atoms with E-state index >= 15 is 8.78 Å². The van der Waals surface area contributed by atoms with Crippen molar-refractivity contribution in [3.8, 4) is 29.6 Å². The zero-order chi connectivity index (χ0) is 42.5. The standard InChI is InChI=1S/C42H44F4N6O3.2C2H6/c1-5-27-29(43)11-9-25-7-6-8-28(31(25)27)34-33(44)35-32-30(47-34)12-10-26-21-51(38(53)55-39(2,3)4)19-20-52(26)36(32)49-37(48-35)54-24-40(13-14-40)23-50-17-15-41(16-18-50)22-42(41,45)46;2*1-2/h1,6-9,11,26H,10,12-24H2,2-4H3;2*1-2H3. The van der Waals surface area contributed by atoms with Crippen molar-refractivity contribution in [1.29, 1.82) is 0 Å². The maximum Gasteiger partial charge on any atom is 0.410 e. The summed E-state index contributed by atoms with van der Waals surface area (Å²) in [7, 11) is 0. The van der Waals surface area contributed by atoms with Crippen LogP contribution in [0.4, 0.5) is 28.2 Å². The number of carbonyl (C=O) groups excluding carboxylic acids is 1. The minimum Gasteiger partial charge on any atom is -0.463 e. The molecular weight excluding hydrogens is 761 g/mol. The highest BCUT2D eigenvalue weighted by Crippen LogP contribution is 2.66. The summed E-state index contributed by atoms with van der Waals surface area (Å²) >= 11 is 0. The monoisotopic (exact) mass is 816 g/mol. The molecule has 2 saturated heterocycles. The van der Waals surface area contributed by atoms with Crippen molar-refractivity contribution in [2.45, 2.75) is 111 Å². The van der Waals surface area contributed by atoms with Crippen molar-refractivity contribution >= 4 is 33.6 Å². The van der Waals surface area contributed by atoms with Crippen molar-refractivity contribution in [3.05, 3.63) is 53.2 Å². The molecule has 4 fully saturated rings. The highest BCUT2D eigenvalue weighted by atomic mass is 19.3. The van der Waals surface area contributed by atoms with Crippen LogP contribution in [0.2, 0.25) is 0 Å². The van der Waals surface area contributed by atoms with Gasteiger partial charge in [-0.05, 0) is 83.8 Å². The molecule has 316 valence electrons. The highest BCUT2D eigenvalue weighted by Gasteiger charge is 2.70. The molecule has 3 aliphatic heterocycles. The Kier molecular flexibility index (Phi) is 11.5. The van der Waals surface area contributed by atoms with Gasteiger partial charge >= 0.3 is 12.1 Å². The lowest BCUT2D eigenvalue weighted by atomic mass is 9.92. The number of carbonyl (C=O) groups is 1. The van der Waals surface area contributed by atoms with E-state index in [4.69, 9.17) is 30.8 Å². The first-order valence-corrected chi connectivity index (χ1v) is 21.2. The minimum absolute atomic E-state index is 0.00139. The van der Waals surface area contributed by atoms with Crippen molar-refractivity contribution in [2.75, 3.05) is 50.8 Å². The Labute approximate surface area is 344 Å². The number of aryl methyl sites for hydroxylation is 1. The summed E-state index contributed by atoms with van der Waals surface area (Å²) in [6.07, 6.45) is 9.26. The number of hydrogen-bond donors (Lipinski definition) is 0. The fourth-order valence-electron chi connectivity index (χ4n) is 8.99. The lowest BCUT2D eigenvalue weighted by Gasteiger charge is -2.41. The fourth-order valence-corrected chi connectivity index (χ4v) is 8.99. The van der Waals surface area contributed by atoms with Crippen LogP contribution in [0.25, 0.3) is 32.9 Å². The molecule has 9 rings (SSSR count). The predicted molar refractivity (Wildman–Crippen MR) is 223 cm³/mol. The van der Waals surface area contributed by atoms with Gasteiger partial charge < -0.3 is 24.2 Å². The number of halogens is 4. The molecule has 2 aromatic heterocycles. The first kappa shape index (κ1) is 42.4. The minimum atomic E-state index is -2.54. The summed E-state index contributed by atoms with van der Waals surface area (Å²) in [4.78, 5) is 33.8. The largest absolute Gasteiger partial charge is 0.463 e. The number of piperidine rings is 1. The normalized spacial score (nSPS) is 20.9. The number of piperazine rings is 1. The molecule has 1 atom stereocenters. The second-order valence-electron chi connectivity index (χ2n) is 17.3. The second kappa shape index (κ2) is 16.1. The van der Waals surface area contributed by atoms with Gasteiger partial charge in [-0.2, -0.15) is 9.97 Å². The van der Waals surface area contributed by atoms with E-state index in [1.54, 1.807) is 29.2 Å². The third-order valence-corrected chi connectivity index (χ3v) is 12.4. The number of benzene rings is 2. The zero-order valence-corrected chi connectivity index (χ0v) is 35.4. The summed E-state index contributed by atoms with van der Waals surface area (Å²) < 4.78 is 72.5. The lowest BCUT2D eigenvalue weighted by molar-refractivity contribution is 0.0212. The zero-order valence-electron chi connectivity index (χ0n) is 35.4. The molecule has 9 nitrogen and oxygen atoms in total. The van der Waals surface area contributed by atoms with Crippen LogP contribution in [-0.2, 0) is 11.2 Å². The number of rotatable bonds is 6. The van der Waals surface area contributed by atoms with Gasteiger partial charge in [0.1, 0.15) is 28.4 Å². The molecule has 0 bridgehead atoms. The Morgan fingerprint density at radius 3 is 2.31 bits per heavy atom. The lowest BCUT2D eigenvalue weighted by Crippen LogP contribution is -2.55. The van der Waals surface area contributed by atoms with Crippen LogP contribution in [-0.4, -0.2) is 94.3 Å². The molecule has 0 radical (unpaired) electrons. The van der Waals surface area contributed by atoms with Crippen molar-refractivity contribution in [1.82, 2.24) is 24.8 Å². The predicted octanol–water partition coefficient (Wildman–Crippen LogP) is 9.81. The van der Waals surface area contributed by atoms with Crippen LogP contribution in [0.15, 0.2) is 30.3 Å². The number of nitrogens with zero attached hydrogens (tertiary/aromatic N) is 6. The third-order valence-electron chi connectivity index (χ3n) is 12.4. The molecule has 59 heavy (non-hydrogen) atoms. The Bertz CT molecular complexity index is 2280. The number of likely N-dealkylation sites (tertiary alicyclic amines) is 1. The topological polar surface area (TPSA) is 83.9 Å². The van der Waals surface area contributed by atoms with Crippen LogP contribution in [0.3, 0.4) is 0 Å². The summed E-state index contributed by atoms with van der Waals surface area (Å²) in [5.74, 6) is -0.875. The number of pyridine rings is 1. The molecule has 5 heterocycles. The van der Waals surface area contributed by atoms with Crippen LogP contribution in [0.1, 0.15) is 98.2 Å². The van der Waals surface area contributed by atoms with E-state index in [1.807, 2.05) is 48.5 Å². The van der Waals surface area contributed by atoms with Crippen molar-refractivity contribution < 1.29 is 31.8 Å². The van der Waals surface area contributed by atoms with Crippen molar-refractivity contribution in [2.24, 2.45) is 10.8 Å². The Balaban J connectivity index is 0.00000128. The summed E-state index contributed by atoms with van der Waals surface area (Å²) in [6.45, 7) is 17.0. The second-order valence-corrected chi connectivity index (χ2v) is 17.3. The summed E-state index contributed by atoms with van der Waals surface area (Å²) in [6, 6.07) is 8.01. The van der Waals surface area contributed by atoms with Gasteiger partial charge in [0.05, 0.1) is 23.3 Å². The van der Waals surface area contributed by atoms with Gasteiger partial charge in [0, 0.05) is 60.4 Å². The molecule has 2 saturated carbocycles. The third kappa shape index (κ3) is 8.01. The van der Waals surface area contributed by atoms with Crippen LogP contribution in [0, 0.1) is 34.8 Å². The number of aromatic nitrogens is 3.